The molecule has 4 aromatic rings. The van der Waals surface area contributed by atoms with Crippen LogP contribution in [0, 0.1) is 0 Å². The van der Waals surface area contributed by atoms with Gasteiger partial charge in [0, 0.05) is 29.4 Å². The van der Waals surface area contributed by atoms with Gasteiger partial charge in [0.2, 0.25) is 11.8 Å². The van der Waals surface area contributed by atoms with Crippen LogP contribution < -0.4 is 24.8 Å². The van der Waals surface area contributed by atoms with Gasteiger partial charge in [-0.25, -0.2) is 4.98 Å². The number of aromatic nitrogens is 1. The van der Waals surface area contributed by atoms with Crippen LogP contribution in [0.2, 0.25) is 0 Å². The van der Waals surface area contributed by atoms with E-state index in [1.807, 2.05) is 91.0 Å². The van der Waals surface area contributed by atoms with Gasteiger partial charge in [-0.05, 0) is 48.0 Å². The molecule has 0 aliphatic carbocycles. The first-order valence-corrected chi connectivity index (χ1v) is 11.6. The SMILES string of the molecule is COc1ccc(CCOc2cccc(-c3cccc(NC(=O)CNc4ccccc4)c3)n2)cc1OC. The summed E-state index contributed by atoms with van der Waals surface area (Å²) >= 11 is 0. The Balaban J connectivity index is 1.34. The molecule has 0 bridgehead atoms. The summed E-state index contributed by atoms with van der Waals surface area (Å²) in [6.07, 6.45) is 0.699. The van der Waals surface area contributed by atoms with Gasteiger partial charge in [0.15, 0.2) is 11.5 Å². The van der Waals surface area contributed by atoms with E-state index >= 15 is 0 Å². The summed E-state index contributed by atoms with van der Waals surface area (Å²) in [5.41, 5.74) is 4.32. The summed E-state index contributed by atoms with van der Waals surface area (Å²) in [4.78, 5) is 17.0. The fraction of sp³-hybridized carbons (Fsp3) is 0.172. The standard InChI is InChI=1S/C29H29N3O4/c1-34-26-15-14-21(18-27(26)35-2)16-17-36-29-13-7-12-25(32-29)22-8-6-11-24(19-22)31-28(33)20-30-23-9-4-3-5-10-23/h3-15,18-19,30H,16-17,20H2,1-2H3,(H,31,33). The van der Waals surface area contributed by atoms with Gasteiger partial charge in [0.25, 0.3) is 0 Å². The van der Waals surface area contributed by atoms with Crippen LogP contribution in [0.4, 0.5) is 11.4 Å². The first-order chi connectivity index (χ1) is 17.6. The van der Waals surface area contributed by atoms with E-state index in [1.165, 1.54) is 0 Å². The highest BCUT2D eigenvalue weighted by Gasteiger charge is 2.08. The molecule has 1 heterocycles. The number of rotatable bonds is 11. The average Bonchev–Trinajstić information content (AvgIpc) is 2.92. The number of para-hydroxylation sites is 1. The number of ether oxygens (including phenoxy) is 3. The summed E-state index contributed by atoms with van der Waals surface area (Å²) in [5.74, 6) is 1.80. The fourth-order valence-electron chi connectivity index (χ4n) is 3.67. The predicted molar refractivity (Wildman–Crippen MR) is 142 cm³/mol. The number of carbonyl (C=O) groups excluding carboxylic acids is 1. The number of hydrogen-bond donors (Lipinski definition) is 2. The van der Waals surface area contributed by atoms with Crippen molar-refractivity contribution in [2.75, 3.05) is 38.0 Å². The Morgan fingerprint density at radius 1 is 0.806 bits per heavy atom. The van der Waals surface area contributed by atoms with E-state index < -0.39 is 0 Å². The second-order valence-corrected chi connectivity index (χ2v) is 8.00. The van der Waals surface area contributed by atoms with Crippen LogP contribution in [-0.4, -0.2) is 38.3 Å². The van der Waals surface area contributed by atoms with Crippen molar-refractivity contribution < 1.29 is 19.0 Å². The molecule has 0 aliphatic rings. The third-order valence-corrected chi connectivity index (χ3v) is 5.48. The van der Waals surface area contributed by atoms with E-state index in [-0.39, 0.29) is 12.5 Å². The summed E-state index contributed by atoms with van der Waals surface area (Å²) in [7, 11) is 3.24. The van der Waals surface area contributed by atoms with E-state index in [0.717, 1.165) is 22.5 Å². The number of carbonyl (C=O) groups is 1. The molecule has 0 spiro atoms. The molecule has 3 aromatic carbocycles. The topological polar surface area (TPSA) is 81.7 Å². The number of nitrogens with zero attached hydrogens (tertiary/aromatic N) is 1. The van der Waals surface area contributed by atoms with E-state index in [9.17, 15) is 4.79 Å². The van der Waals surface area contributed by atoms with E-state index in [2.05, 4.69) is 15.6 Å². The van der Waals surface area contributed by atoms with Crippen molar-refractivity contribution in [1.29, 1.82) is 0 Å². The van der Waals surface area contributed by atoms with E-state index in [4.69, 9.17) is 14.2 Å². The zero-order valence-corrected chi connectivity index (χ0v) is 20.4. The zero-order chi connectivity index (χ0) is 25.2. The number of anilines is 2. The maximum atomic E-state index is 12.4. The Hall–Kier alpha value is -4.52. The van der Waals surface area contributed by atoms with Crippen LogP contribution in [0.3, 0.4) is 0 Å². The second-order valence-electron chi connectivity index (χ2n) is 8.00. The molecule has 1 amide bonds. The van der Waals surface area contributed by atoms with Gasteiger partial charge in [-0.3, -0.25) is 4.79 Å². The van der Waals surface area contributed by atoms with Gasteiger partial charge in [-0.2, -0.15) is 0 Å². The monoisotopic (exact) mass is 483 g/mol. The highest BCUT2D eigenvalue weighted by Crippen LogP contribution is 2.28. The molecule has 0 atom stereocenters. The lowest BCUT2D eigenvalue weighted by molar-refractivity contribution is -0.114. The van der Waals surface area contributed by atoms with Crippen LogP contribution >= 0.6 is 0 Å². The molecule has 7 heteroatoms. The lowest BCUT2D eigenvalue weighted by atomic mass is 10.1. The van der Waals surface area contributed by atoms with Gasteiger partial charge in [0.05, 0.1) is 33.1 Å². The largest absolute Gasteiger partial charge is 0.493 e. The van der Waals surface area contributed by atoms with Crippen molar-refractivity contribution in [2.24, 2.45) is 0 Å². The van der Waals surface area contributed by atoms with Crippen molar-refractivity contribution in [3.05, 3.63) is 96.6 Å². The minimum Gasteiger partial charge on any atom is -0.493 e. The third kappa shape index (κ3) is 6.76. The molecule has 0 saturated heterocycles. The van der Waals surface area contributed by atoms with Crippen molar-refractivity contribution in [3.63, 3.8) is 0 Å². The number of amides is 1. The zero-order valence-electron chi connectivity index (χ0n) is 20.4. The molecule has 36 heavy (non-hydrogen) atoms. The fourth-order valence-corrected chi connectivity index (χ4v) is 3.67. The van der Waals surface area contributed by atoms with Crippen LogP contribution in [0.1, 0.15) is 5.56 Å². The molecule has 7 nitrogen and oxygen atoms in total. The first kappa shape index (κ1) is 24.6. The van der Waals surface area contributed by atoms with Crippen molar-refractivity contribution in [1.82, 2.24) is 4.98 Å². The molecular weight excluding hydrogens is 454 g/mol. The molecule has 1 aromatic heterocycles. The van der Waals surface area contributed by atoms with Crippen molar-refractivity contribution in [2.45, 2.75) is 6.42 Å². The molecule has 184 valence electrons. The van der Waals surface area contributed by atoms with Crippen LogP contribution in [0.15, 0.2) is 91.0 Å². The Morgan fingerprint density at radius 3 is 2.39 bits per heavy atom. The molecule has 0 fully saturated rings. The predicted octanol–water partition coefficient (Wildman–Crippen LogP) is 5.44. The highest BCUT2D eigenvalue weighted by molar-refractivity contribution is 5.94. The maximum absolute atomic E-state index is 12.4. The van der Waals surface area contributed by atoms with Crippen molar-refractivity contribution >= 4 is 17.3 Å². The minimum atomic E-state index is -0.129. The third-order valence-electron chi connectivity index (χ3n) is 5.48. The number of methoxy groups -OCH3 is 2. The Labute approximate surface area is 211 Å². The normalized spacial score (nSPS) is 10.4. The number of nitrogens with one attached hydrogen (secondary N) is 2. The molecule has 0 aliphatic heterocycles. The number of hydrogen-bond acceptors (Lipinski definition) is 6. The van der Waals surface area contributed by atoms with Gasteiger partial charge in [-0.1, -0.05) is 42.5 Å². The van der Waals surface area contributed by atoms with Gasteiger partial charge in [0.1, 0.15) is 0 Å². The van der Waals surface area contributed by atoms with E-state index in [1.54, 1.807) is 14.2 Å². The lowest BCUT2D eigenvalue weighted by Gasteiger charge is -2.11. The first-order valence-electron chi connectivity index (χ1n) is 11.6. The summed E-state index contributed by atoms with van der Waals surface area (Å²) in [6.45, 7) is 0.645. The average molecular weight is 484 g/mol. The molecule has 0 radical (unpaired) electrons. The highest BCUT2D eigenvalue weighted by atomic mass is 16.5. The molecule has 0 saturated carbocycles. The molecular formula is C29H29N3O4. The van der Waals surface area contributed by atoms with Crippen LogP contribution in [0.5, 0.6) is 17.4 Å². The second kappa shape index (κ2) is 12.3. The number of benzene rings is 3. The smallest absolute Gasteiger partial charge is 0.243 e. The quantitative estimate of drug-likeness (QED) is 0.296. The molecule has 2 N–H and O–H groups in total. The number of pyridine rings is 1. The van der Waals surface area contributed by atoms with E-state index in [0.29, 0.717) is 36.1 Å². The maximum Gasteiger partial charge on any atom is 0.243 e. The van der Waals surface area contributed by atoms with Gasteiger partial charge < -0.3 is 24.8 Å². The van der Waals surface area contributed by atoms with Gasteiger partial charge >= 0.3 is 0 Å². The molecule has 0 unspecified atom stereocenters. The molecule has 4 rings (SSSR count). The summed E-state index contributed by atoms with van der Waals surface area (Å²) in [6, 6.07) is 28.7. The lowest BCUT2D eigenvalue weighted by Crippen LogP contribution is -2.21. The minimum absolute atomic E-state index is 0.129. The summed E-state index contributed by atoms with van der Waals surface area (Å²) in [5, 5.41) is 6.03. The summed E-state index contributed by atoms with van der Waals surface area (Å²) < 4.78 is 16.6. The Bertz CT molecular complexity index is 1290. The Kier molecular flexibility index (Phi) is 8.38. The van der Waals surface area contributed by atoms with Crippen LogP contribution in [0.25, 0.3) is 11.3 Å². The Morgan fingerprint density at radius 2 is 1.58 bits per heavy atom. The van der Waals surface area contributed by atoms with Crippen molar-refractivity contribution in [3.8, 4) is 28.6 Å². The van der Waals surface area contributed by atoms with Crippen LogP contribution in [-0.2, 0) is 11.2 Å². The van der Waals surface area contributed by atoms with Gasteiger partial charge in [-0.15, -0.1) is 0 Å².